The zero-order valence-electron chi connectivity index (χ0n) is 7.11. The lowest BCUT2D eigenvalue weighted by molar-refractivity contribution is 1.30. The molecule has 2 aromatic heterocycles. The van der Waals surface area contributed by atoms with Crippen LogP contribution in [0.25, 0.3) is 11.1 Å². The molecule has 0 atom stereocenters. The van der Waals surface area contributed by atoms with E-state index in [2.05, 4.69) is 9.97 Å². The highest BCUT2D eigenvalue weighted by atomic mass is 35.5. The third kappa shape index (κ3) is 1.86. The Morgan fingerprint density at radius 1 is 1.14 bits per heavy atom. The second kappa shape index (κ2) is 3.95. The number of hydrogen-bond donors (Lipinski definition) is 0. The van der Waals surface area contributed by atoms with Crippen molar-refractivity contribution in [2.45, 2.75) is 0 Å². The molecule has 0 aliphatic heterocycles. The quantitative estimate of drug-likeness (QED) is 0.694. The number of halogens is 2. The number of hydrogen-bond acceptors (Lipinski definition) is 2. The van der Waals surface area contributed by atoms with Crippen LogP contribution >= 0.6 is 23.2 Å². The Labute approximate surface area is 91.5 Å². The van der Waals surface area contributed by atoms with Crippen molar-refractivity contribution < 1.29 is 0 Å². The van der Waals surface area contributed by atoms with Crippen LogP contribution in [0, 0.1) is 0 Å². The topological polar surface area (TPSA) is 25.8 Å². The molecule has 0 unspecified atom stereocenters. The average molecular weight is 225 g/mol. The van der Waals surface area contributed by atoms with Gasteiger partial charge in [-0.15, -0.1) is 0 Å². The summed E-state index contributed by atoms with van der Waals surface area (Å²) in [5.41, 5.74) is 1.71. The van der Waals surface area contributed by atoms with Gasteiger partial charge in [0.25, 0.3) is 0 Å². The van der Waals surface area contributed by atoms with E-state index in [0.717, 1.165) is 11.1 Å². The molecule has 0 aliphatic rings. The first-order valence-electron chi connectivity index (χ1n) is 3.99. The smallest absolute Gasteiger partial charge is 0.136 e. The summed E-state index contributed by atoms with van der Waals surface area (Å²) >= 11 is 11.8. The maximum atomic E-state index is 5.93. The minimum atomic E-state index is 0.455. The first kappa shape index (κ1) is 9.44. The van der Waals surface area contributed by atoms with Gasteiger partial charge >= 0.3 is 0 Å². The predicted molar refractivity (Wildman–Crippen MR) is 57.5 cm³/mol. The zero-order chi connectivity index (χ0) is 9.97. The highest BCUT2D eigenvalue weighted by Crippen LogP contribution is 2.26. The van der Waals surface area contributed by atoms with Crippen molar-refractivity contribution in [3.8, 4) is 11.1 Å². The molecule has 0 saturated carbocycles. The highest BCUT2D eigenvalue weighted by molar-refractivity contribution is 6.32. The van der Waals surface area contributed by atoms with Crippen molar-refractivity contribution in [1.29, 1.82) is 0 Å². The van der Waals surface area contributed by atoms with Crippen molar-refractivity contribution in [3.63, 3.8) is 0 Å². The Balaban J connectivity index is 2.55. The van der Waals surface area contributed by atoms with E-state index >= 15 is 0 Å². The van der Waals surface area contributed by atoms with Gasteiger partial charge in [-0.1, -0.05) is 23.2 Å². The largest absolute Gasteiger partial charge is 0.263 e. The van der Waals surface area contributed by atoms with Gasteiger partial charge < -0.3 is 0 Å². The van der Waals surface area contributed by atoms with Crippen molar-refractivity contribution in [2.75, 3.05) is 0 Å². The van der Waals surface area contributed by atoms with Crippen molar-refractivity contribution in [3.05, 3.63) is 47.0 Å². The van der Waals surface area contributed by atoms with Crippen LogP contribution in [-0.2, 0) is 0 Å². The molecule has 2 heterocycles. The van der Waals surface area contributed by atoms with E-state index in [4.69, 9.17) is 23.2 Å². The maximum absolute atomic E-state index is 5.93. The van der Waals surface area contributed by atoms with Crippen LogP contribution in [0.15, 0.2) is 36.8 Å². The van der Waals surface area contributed by atoms with E-state index in [9.17, 15) is 0 Å². The van der Waals surface area contributed by atoms with Gasteiger partial charge in [0.1, 0.15) is 5.15 Å². The Morgan fingerprint density at radius 3 is 2.71 bits per heavy atom. The molecule has 0 fully saturated rings. The van der Waals surface area contributed by atoms with Gasteiger partial charge in [-0.25, -0.2) is 4.98 Å². The molecule has 4 heteroatoms. The molecule has 2 nitrogen and oxygen atoms in total. The first-order chi connectivity index (χ1) is 6.77. The molecule has 70 valence electrons. The molecule has 0 aromatic carbocycles. The minimum Gasteiger partial charge on any atom is -0.263 e. The van der Waals surface area contributed by atoms with Crippen molar-refractivity contribution >= 4 is 23.2 Å². The Hall–Kier alpha value is -1.12. The van der Waals surface area contributed by atoms with Crippen LogP contribution in [0.3, 0.4) is 0 Å². The fourth-order valence-electron chi connectivity index (χ4n) is 1.16. The van der Waals surface area contributed by atoms with Gasteiger partial charge in [-0.05, 0) is 18.2 Å². The summed E-state index contributed by atoms with van der Waals surface area (Å²) in [7, 11) is 0. The lowest BCUT2D eigenvalue weighted by Gasteiger charge is -2.02. The van der Waals surface area contributed by atoms with Crippen LogP contribution in [0.4, 0.5) is 0 Å². The third-order valence-corrected chi connectivity index (χ3v) is 2.28. The molecule has 0 aliphatic carbocycles. The maximum Gasteiger partial charge on any atom is 0.136 e. The Morgan fingerprint density at radius 2 is 2.00 bits per heavy atom. The number of pyridine rings is 2. The van der Waals surface area contributed by atoms with E-state index in [-0.39, 0.29) is 0 Å². The van der Waals surface area contributed by atoms with E-state index in [1.165, 1.54) is 0 Å². The van der Waals surface area contributed by atoms with Crippen molar-refractivity contribution in [2.24, 2.45) is 0 Å². The van der Waals surface area contributed by atoms with E-state index in [1.807, 2.05) is 12.1 Å². The lowest BCUT2D eigenvalue weighted by Crippen LogP contribution is -1.83. The third-order valence-electron chi connectivity index (χ3n) is 1.77. The molecule has 0 N–H and O–H groups in total. The van der Waals surface area contributed by atoms with Crippen LogP contribution in [0.1, 0.15) is 0 Å². The molecule has 0 radical (unpaired) electrons. The monoisotopic (exact) mass is 224 g/mol. The molecule has 0 spiro atoms. The van der Waals surface area contributed by atoms with Crippen LogP contribution in [0.5, 0.6) is 0 Å². The van der Waals surface area contributed by atoms with E-state index < -0.39 is 0 Å². The van der Waals surface area contributed by atoms with Gasteiger partial charge in [0.05, 0.1) is 5.02 Å². The van der Waals surface area contributed by atoms with Crippen LogP contribution in [0.2, 0.25) is 10.2 Å². The summed E-state index contributed by atoms with van der Waals surface area (Å²) in [5.74, 6) is 0. The molecular formula is C10H6Cl2N2. The molecular weight excluding hydrogens is 219 g/mol. The minimum absolute atomic E-state index is 0.455. The molecule has 2 rings (SSSR count). The highest BCUT2D eigenvalue weighted by Gasteiger charge is 2.03. The predicted octanol–water partition coefficient (Wildman–Crippen LogP) is 3.45. The fraction of sp³-hybridized carbons (Fsp3) is 0. The molecule has 14 heavy (non-hydrogen) atoms. The number of aromatic nitrogens is 2. The van der Waals surface area contributed by atoms with Gasteiger partial charge in [0.15, 0.2) is 0 Å². The lowest BCUT2D eigenvalue weighted by atomic mass is 10.1. The van der Waals surface area contributed by atoms with E-state index in [0.29, 0.717) is 10.2 Å². The summed E-state index contributed by atoms with van der Waals surface area (Å²) in [6, 6.07) is 5.50. The normalized spacial score (nSPS) is 10.1. The van der Waals surface area contributed by atoms with Crippen molar-refractivity contribution in [1.82, 2.24) is 9.97 Å². The van der Waals surface area contributed by atoms with Gasteiger partial charge in [0, 0.05) is 29.7 Å². The van der Waals surface area contributed by atoms with Crippen LogP contribution in [-0.4, -0.2) is 9.97 Å². The molecule has 0 amide bonds. The summed E-state index contributed by atoms with van der Waals surface area (Å²) in [5, 5.41) is 1.04. The van der Waals surface area contributed by atoms with Gasteiger partial charge in [0.2, 0.25) is 0 Å². The molecule has 0 saturated heterocycles. The summed E-state index contributed by atoms with van der Waals surface area (Å²) in [4.78, 5) is 7.96. The fourth-order valence-corrected chi connectivity index (χ4v) is 1.56. The summed E-state index contributed by atoms with van der Waals surface area (Å²) < 4.78 is 0. The molecule has 0 bridgehead atoms. The zero-order valence-corrected chi connectivity index (χ0v) is 8.63. The first-order valence-corrected chi connectivity index (χ1v) is 4.74. The number of nitrogens with zero attached hydrogens (tertiary/aromatic N) is 2. The van der Waals surface area contributed by atoms with Gasteiger partial charge in [-0.3, -0.25) is 4.98 Å². The average Bonchev–Trinajstić information content (AvgIpc) is 2.18. The Bertz CT molecular complexity index is 457. The van der Waals surface area contributed by atoms with E-state index in [1.54, 1.807) is 24.7 Å². The SMILES string of the molecule is Clc1cncc(-c2cccnc2Cl)c1. The summed E-state index contributed by atoms with van der Waals surface area (Å²) in [6.45, 7) is 0. The Kier molecular flexibility index (Phi) is 2.66. The van der Waals surface area contributed by atoms with Crippen LogP contribution < -0.4 is 0 Å². The standard InChI is InChI=1S/C10H6Cl2N2/c11-8-4-7(5-13-6-8)9-2-1-3-14-10(9)12/h1-6H. The van der Waals surface area contributed by atoms with Gasteiger partial charge in [-0.2, -0.15) is 0 Å². The second-order valence-electron chi connectivity index (χ2n) is 2.73. The second-order valence-corrected chi connectivity index (χ2v) is 3.53. The summed E-state index contributed by atoms with van der Waals surface area (Å²) in [6.07, 6.45) is 4.92. The molecule has 2 aromatic rings. The number of rotatable bonds is 1.